The lowest BCUT2D eigenvalue weighted by Gasteiger charge is -2.52. The Morgan fingerprint density at radius 3 is 2.28 bits per heavy atom. The second-order valence-electron chi connectivity index (χ2n) is 8.39. The molecule has 0 aromatic heterocycles. The third-order valence-electron chi connectivity index (χ3n) is 6.02. The normalized spacial score (nSPS) is 24.0. The second kappa shape index (κ2) is 8.86. The van der Waals surface area contributed by atoms with Gasteiger partial charge in [-0.25, -0.2) is 9.59 Å². The summed E-state index contributed by atoms with van der Waals surface area (Å²) in [7, 11) is 0. The van der Waals surface area contributed by atoms with Crippen LogP contribution in [0.1, 0.15) is 31.0 Å². The SMILES string of the molecule is CC(C)C(C(=O)O)N1C(=O)C(N2C(=O)OC[C@@H]2c2ccccc2)C1C=Cc1ccccc1. The minimum Gasteiger partial charge on any atom is -0.480 e. The van der Waals surface area contributed by atoms with E-state index in [0.29, 0.717) is 0 Å². The number of amides is 2. The first-order valence-corrected chi connectivity index (χ1v) is 10.7. The third kappa shape index (κ3) is 3.86. The van der Waals surface area contributed by atoms with Crippen molar-refractivity contribution < 1.29 is 24.2 Å². The molecule has 7 heteroatoms. The summed E-state index contributed by atoms with van der Waals surface area (Å²) >= 11 is 0. The van der Waals surface area contributed by atoms with Gasteiger partial charge in [0.15, 0.2) is 0 Å². The molecule has 2 saturated heterocycles. The van der Waals surface area contributed by atoms with E-state index in [9.17, 15) is 19.5 Å². The van der Waals surface area contributed by atoms with E-state index in [1.165, 1.54) is 9.80 Å². The molecule has 2 aromatic rings. The monoisotopic (exact) mass is 434 g/mol. The fourth-order valence-corrected chi connectivity index (χ4v) is 4.49. The Labute approximate surface area is 186 Å². The van der Waals surface area contributed by atoms with E-state index in [1.54, 1.807) is 13.8 Å². The van der Waals surface area contributed by atoms with Gasteiger partial charge in [0.1, 0.15) is 18.7 Å². The van der Waals surface area contributed by atoms with Crippen molar-refractivity contribution in [2.45, 2.75) is 38.0 Å². The van der Waals surface area contributed by atoms with Crippen LogP contribution in [0.25, 0.3) is 6.08 Å². The van der Waals surface area contributed by atoms with E-state index in [0.717, 1.165) is 11.1 Å². The standard InChI is InChI=1S/C25H26N2O5/c1-16(2)21(24(29)30)26-19(14-13-17-9-5-3-6-10-17)22(23(26)28)27-20(15-32-25(27)31)18-11-7-4-8-12-18/h3-14,16,19-22H,15H2,1-2H3,(H,29,30)/t19?,20-,21?,22?/m1/s1. The molecule has 2 amide bonds. The van der Waals surface area contributed by atoms with Crippen LogP contribution in [0.3, 0.4) is 0 Å². The van der Waals surface area contributed by atoms with Crippen molar-refractivity contribution in [3.8, 4) is 0 Å². The summed E-state index contributed by atoms with van der Waals surface area (Å²) in [6.07, 6.45) is 3.11. The average molecular weight is 434 g/mol. The zero-order valence-electron chi connectivity index (χ0n) is 18.0. The molecule has 7 nitrogen and oxygen atoms in total. The van der Waals surface area contributed by atoms with Gasteiger partial charge in [-0.15, -0.1) is 0 Å². The summed E-state index contributed by atoms with van der Waals surface area (Å²) in [5.41, 5.74) is 1.79. The average Bonchev–Trinajstić information content (AvgIpc) is 3.15. The fraction of sp³-hybridized carbons (Fsp3) is 0.320. The van der Waals surface area contributed by atoms with Crippen LogP contribution in [-0.2, 0) is 14.3 Å². The molecule has 0 saturated carbocycles. The van der Waals surface area contributed by atoms with Crippen molar-refractivity contribution in [3.63, 3.8) is 0 Å². The molecule has 2 aliphatic rings. The highest BCUT2D eigenvalue weighted by atomic mass is 16.6. The Bertz CT molecular complexity index is 1020. The smallest absolute Gasteiger partial charge is 0.411 e. The van der Waals surface area contributed by atoms with Crippen LogP contribution in [0.4, 0.5) is 4.79 Å². The van der Waals surface area contributed by atoms with Gasteiger partial charge in [-0.2, -0.15) is 0 Å². The Balaban J connectivity index is 1.70. The Kier molecular flexibility index (Phi) is 5.99. The lowest BCUT2D eigenvalue weighted by Crippen LogP contribution is -2.74. The second-order valence-corrected chi connectivity index (χ2v) is 8.39. The van der Waals surface area contributed by atoms with Gasteiger partial charge in [0.05, 0.1) is 12.1 Å². The van der Waals surface area contributed by atoms with E-state index in [1.807, 2.05) is 72.8 Å². The molecule has 4 atom stereocenters. The van der Waals surface area contributed by atoms with Crippen LogP contribution < -0.4 is 0 Å². The van der Waals surface area contributed by atoms with Crippen LogP contribution in [-0.4, -0.2) is 57.6 Å². The summed E-state index contributed by atoms with van der Waals surface area (Å²) in [6.45, 7) is 3.69. The highest BCUT2D eigenvalue weighted by molar-refractivity contribution is 5.97. The van der Waals surface area contributed by atoms with E-state index < -0.39 is 36.2 Å². The molecular weight excluding hydrogens is 408 g/mol. The van der Waals surface area contributed by atoms with Crippen LogP contribution >= 0.6 is 0 Å². The lowest BCUT2D eigenvalue weighted by molar-refractivity contribution is -0.170. The number of carbonyl (C=O) groups excluding carboxylic acids is 2. The Morgan fingerprint density at radius 1 is 1.06 bits per heavy atom. The number of hydrogen-bond acceptors (Lipinski definition) is 4. The highest BCUT2D eigenvalue weighted by Crippen LogP contribution is 2.39. The Morgan fingerprint density at radius 2 is 1.69 bits per heavy atom. The molecular formula is C25H26N2O5. The molecule has 2 aliphatic heterocycles. The molecule has 0 spiro atoms. The number of cyclic esters (lactones) is 1. The van der Waals surface area contributed by atoms with E-state index in [2.05, 4.69) is 0 Å². The molecule has 3 unspecified atom stereocenters. The quantitative estimate of drug-likeness (QED) is 0.673. The van der Waals surface area contributed by atoms with E-state index >= 15 is 0 Å². The van der Waals surface area contributed by atoms with Crippen molar-refractivity contribution in [1.29, 1.82) is 0 Å². The number of hydrogen-bond donors (Lipinski definition) is 1. The molecule has 1 N–H and O–H groups in total. The van der Waals surface area contributed by atoms with Crippen LogP contribution in [0, 0.1) is 5.92 Å². The van der Waals surface area contributed by atoms with Crippen LogP contribution in [0.2, 0.25) is 0 Å². The number of rotatable bonds is 7. The van der Waals surface area contributed by atoms with Gasteiger partial charge in [0.2, 0.25) is 5.91 Å². The van der Waals surface area contributed by atoms with Crippen molar-refractivity contribution >= 4 is 24.0 Å². The van der Waals surface area contributed by atoms with Crippen molar-refractivity contribution in [2.75, 3.05) is 6.61 Å². The van der Waals surface area contributed by atoms with E-state index in [-0.39, 0.29) is 18.4 Å². The van der Waals surface area contributed by atoms with Crippen molar-refractivity contribution in [1.82, 2.24) is 9.80 Å². The van der Waals surface area contributed by atoms with Gasteiger partial charge < -0.3 is 14.7 Å². The van der Waals surface area contributed by atoms with Gasteiger partial charge >= 0.3 is 12.1 Å². The van der Waals surface area contributed by atoms with Gasteiger partial charge in [-0.05, 0) is 17.0 Å². The zero-order valence-corrected chi connectivity index (χ0v) is 18.0. The number of ether oxygens (including phenoxy) is 1. The molecule has 2 aromatic carbocycles. The maximum absolute atomic E-state index is 13.3. The van der Waals surface area contributed by atoms with Gasteiger partial charge in [0.25, 0.3) is 0 Å². The van der Waals surface area contributed by atoms with E-state index in [4.69, 9.17) is 4.74 Å². The number of carboxylic acid groups (broad SMARTS) is 1. The number of benzene rings is 2. The number of β-lactam (4-membered cyclic amide) rings is 1. The molecule has 4 rings (SSSR count). The number of nitrogens with zero attached hydrogens (tertiary/aromatic N) is 2. The maximum atomic E-state index is 13.3. The lowest BCUT2D eigenvalue weighted by atomic mass is 9.86. The number of carboxylic acids is 1. The zero-order chi connectivity index (χ0) is 22.8. The molecule has 2 fully saturated rings. The minimum absolute atomic E-state index is 0.147. The Hall–Kier alpha value is -3.61. The topological polar surface area (TPSA) is 87.2 Å². The third-order valence-corrected chi connectivity index (χ3v) is 6.02. The largest absolute Gasteiger partial charge is 0.480 e. The summed E-state index contributed by atoms with van der Waals surface area (Å²) in [6, 6.07) is 16.2. The molecule has 0 radical (unpaired) electrons. The number of likely N-dealkylation sites (tertiary alicyclic amines) is 1. The predicted octanol–water partition coefficient (Wildman–Crippen LogP) is 3.58. The molecule has 0 bridgehead atoms. The number of aliphatic carboxylic acids is 1. The predicted molar refractivity (Wildman–Crippen MR) is 119 cm³/mol. The maximum Gasteiger partial charge on any atom is 0.411 e. The van der Waals surface area contributed by atoms with Gasteiger partial charge in [0, 0.05) is 0 Å². The summed E-state index contributed by atoms with van der Waals surface area (Å²) in [5.74, 6) is -1.73. The fourth-order valence-electron chi connectivity index (χ4n) is 4.49. The summed E-state index contributed by atoms with van der Waals surface area (Å²) in [5, 5.41) is 9.81. The molecule has 0 aliphatic carbocycles. The molecule has 2 heterocycles. The molecule has 32 heavy (non-hydrogen) atoms. The first-order chi connectivity index (χ1) is 15.4. The minimum atomic E-state index is -1.06. The van der Waals surface area contributed by atoms with Crippen LogP contribution in [0.5, 0.6) is 0 Å². The van der Waals surface area contributed by atoms with Crippen LogP contribution in [0.15, 0.2) is 66.7 Å². The molecule has 166 valence electrons. The summed E-state index contributed by atoms with van der Waals surface area (Å²) < 4.78 is 5.32. The van der Waals surface area contributed by atoms with Gasteiger partial charge in [-0.1, -0.05) is 86.7 Å². The number of carbonyl (C=O) groups is 3. The highest BCUT2D eigenvalue weighted by Gasteiger charge is 2.58. The van der Waals surface area contributed by atoms with Crippen molar-refractivity contribution in [3.05, 3.63) is 77.9 Å². The van der Waals surface area contributed by atoms with Gasteiger partial charge in [-0.3, -0.25) is 9.69 Å². The first kappa shape index (κ1) is 21.6. The first-order valence-electron chi connectivity index (χ1n) is 10.7. The summed E-state index contributed by atoms with van der Waals surface area (Å²) in [4.78, 5) is 40.9. The van der Waals surface area contributed by atoms with Crippen molar-refractivity contribution in [2.24, 2.45) is 5.92 Å².